The van der Waals surface area contributed by atoms with E-state index in [-0.39, 0.29) is 30.1 Å². The molecule has 0 bridgehead atoms. The topological polar surface area (TPSA) is 88.3 Å². The van der Waals surface area contributed by atoms with Crippen LogP contribution < -0.4 is 11.1 Å². The standard InChI is InChI=1S/C15H24N4O2S.ClH/c1-2-3-6-17-14(20)11-5-4-7-19(9-11)15(21)12-10-22-13(8-16)18-12;/h10-11H,2-9,16H2,1H3,(H,17,20);1H. The molecule has 1 fully saturated rings. The number of aromatic nitrogens is 1. The normalized spacial score (nSPS) is 17.5. The smallest absolute Gasteiger partial charge is 0.273 e. The first-order valence-corrected chi connectivity index (χ1v) is 8.75. The van der Waals surface area contributed by atoms with Gasteiger partial charge in [0.25, 0.3) is 5.91 Å². The number of carbonyl (C=O) groups is 2. The average molecular weight is 361 g/mol. The van der Waals surface area contributed by atoms with Crippen molar-refractivity contribution in [3.05, 3.63) is 16.1 Å². The largest absolute Gasteiger partial charge is 0.356 e. The Bertz CT molecular complexity index is 523. The maximum atomic E-state index is 12.5. The van der Waals surface area contributed by atoms with Gasteiger partial charge in [-0.25, -0.2) is 4.98 Å². The number of amides is 2. The number of rotatable bonds is 6. The van der Waals surface area contributed by atoms with Crippen LogP contribution in [-0.2, 0) is 11.3 Å². The van der Waals surface area contributed by atoms with Crippen molar-refractivity contribution in [3.8, 4) is 0 Å². The molecule has 1 saturated heterocycles. The third-order valence-electron chi connectivity index (χ3n) is 3.85. The van der Waals surface area contributed by atoms with E-state index in [1.165, 1.54) is 11.3 Å². The molecule has 2 amide bonds. The number of thiazole rings is 1. The van der Waals surface area contributed by atoms with Gasteiger partial charge in [0.05, 0.1) is 5.92 Å². The van der Waals surface area contributed by atoms with Gasteiger partial charge in [-0.05, 0) is 19.3 Å². The Morgan fingerprint density at radius 2 is 2.30 bits per heavy atom. The van der Waals surface area contributed by atoms with E-state index in [1.807, 2.05) is 0 Å². The number of hydrogen-bond donors (Lipinski definition) is 2. The van der Waals surface area contributed by atoms with E-state index in [0.717, 1.165) is 30.7 Å². The molecule has 0 aliphatic carbocycles. The Kier molecular flexibility index (Phi) is 8.51. The highest BCUT2D eigenvalue weighted by molar-refractivity contribution is 7.09. The van der Waals surface area contributed by atoms with Gasteiger partial charge < -0.3 is 16.0 Å². The van der Waals surface area contributed by atoms with E-state index in [0.29, 0.717) is 31.9 Å². The average Bonchev–Trinajstić information content (AvgIpc) is 3.03. The van der Waals surface area contributed by atoms with Crippen LogP contribution in [0.15, 0.2) is 5.38 Å². The highest BCUT2D eigenvalue weighted by Gasteiger charge is 2.29. The van der Waals surface area contributed by atoms with Gasteiger partial charge in [-0.15, -0.1) is 23.7 Å². The highest BCUT2D eigenvalue weighted by atomic mass is 35.5. The van der Waals surface area contributed by atoms with Crippen LogP contribution in [0.2, 0.25) is 0 Å². The lowest BCUT2D eigenvalue weighted by molar-refractivity contribution is -0.126. The minimum Gasteiger partial charge on any atom is -0.356 e. The summed E-state index contributed by atoms with van der Waals surface area (Å²) in [5, 5.41) is 5.46. The molecule has 0 spiro atoms. The number of carbonyl (C=O) groups excluding carboxylic acids is 2. The summed E-state index contributed by atoms with van der Waals surface area (Å²) in [5.74, 6) is -0.143. The molecule has 1 aromatic heterocycles. The first-order chi connectivity index (χ1) is 10.7. The molecule has 1 aromatic rings. The zero-order valence-electron chi connectivity index (χ0n) is 13.4. The molecule has 6 nitrogen and oxygen atoms in total. The zero-order valence-corrected chi connectivity index (χ0v) is 15.0. The monoisotopic (exact) mass is 360 g/mol. The molecule has 1 aliphatic rings. The molecule has 8 heteroatoms. The summed E-state index contributed by atoms with van der Waals surface area (Å²) in [7, 11) is 0. The van der Waals surface area contributed by atoms with Crippen LogP contribution in [0.4, 0.5) is 0 Å². The van der Waals surface area contributed by atoms with Crippen molar-refractivity contribution in [2.75, 3.05) is 19.6 Å². The molecule has 130 valence electrons. The first kappa shape index (κ1) is 19.9. The molecule has 0 saturated carbocycles. The van der Waals surface area contributed by atoms with Gasteiger partial charge in [-0.3, -0.25) is 9.59 Å². The lowest BCUT2D eigenvalue weighted by Gasteiger charge is -2.31. The predicted molar refractivity (Wildman–Crippen MR) is 93.8 cm³/mol. The van der Waals surface area contributed by atoms with Gasteiger partial charge in [0, 0.05) is 31.6 Å². The number of piperidine rings is 1. The minimum absolute atomic E-state index is 0. The maximum absolute atomic E-state index is 12.5. The fourth-order valence-corrected chi connectivity index (χ4v) is 3.22. The molecule has 1 unspecified atom stereocenters. The maximum Gasteiger partial charge on any atom is 0.273 e. The molecule has 1 atom stereocenters. The number of nitrogens with one attached hydrogen (secondary N) is 1. The van der Waals surface area contributed by atoms with Gasteiger partial charge in [-0.1, -0.05) is 13.3 Å². The highest BCUT2D eigenvalue weighted by Crippen LogP contribution is 2.20. The van der Waals surface area contributed by atoms with E-state index in [1.54, 1.807) is 10.3 Å². The summed E-state index contributed by atoms with van der Waals surface area (Å²) in [4.78, 5) is 30.6. The van der Waals surface area contributed by atoms with Crippen LogP contribution in [-0.4, -0.2) is 41.3 Å². The Balaban J connectivity index is 0.00000264. The van der Waals surface area contributed by atoms with Crippen LogP contribution in [0.3, 0.4) is 0 Å². The first-order valence-electron chi connectivity index (χ1n) is 7.87. The lowest BCUT2D eigenvalue weighted by Crippen LogP contribution is -2.45. The SMILES string of the molecule is CCCCNC(=O)C1CCCN(C(=O)c2csc(CN)n2)C1.Cl. The summed E-state index contributed by atoms with van der Waals surface area (Å²) in [6.07, 6.45) is 3.74. The van der Waals surface area contributed by atoms with Gasteiger partial charge in [0.15, 0.2) is 0 Å². The second kappa shape index (κ2) is 9.85. The summed E-state index contributed by atoms with van der Waals surface area (Å²) >= 11 is 1.40. The Labute approximate surface area is 147 Å². The summed E-state index contributed by atoms with van der Waals surface area (Å²) in [5.41, 5.74) is 5.97. The van der Waals surface area contributed by atoms with E-state index in [9.17, 15) is 9.59 Å². The van der Waals surface area contributed by atoms with Crippen molar-refractivity contribution in [1.29, 1.82) is 0 Å². The third kappa shape index (κ3) is 5.44. The molecular formula is C15H25ClN4O2S. The second-order valence-corrected chi connectivity index (χ2v) is 6.51. The van der Waals surface area contributed by atoms with Crippen LogP contribution in [0.5, 0.6) is 0 Å². The third-order valence-corrected chi connectivity index (χ3v) is 4.73. The molecule has 2 heterocycles. The van der Waals surface area contributed by atoms with Crippen molar-refractivity contribution in [1.82, 2.24) is 15.2 Å². The fourth-order valence-electron chi connectivity index (χ4n) is 2.57. The van der Waals surface area contributed by atoms with Crippen molar-refractivity contribution >= 4 is 35.6 Å². The van der Waals surface area contributed by atoms with Gasteiger partial charge in [0.1, 0.15) is 10.7 Å². The summed E-state index contributed by atoms with van der Waals surface area (Å²) in [6, 6.07) is 0. The van der Waals surface area contributed by atoms with Crippen LogP contribution in [0, 0.1) is 5.92 Å². The molecule has 23 heavy (non-hydrogen) atoms. The molecule has 1 aliphatic heterocycles. The Hall–Kier alpha value is -1.18. The van der Waals surface area contributed by atoms with E-state index < -0.39 is 0 Å². The van der Waals surface area contributed by atoms with Crippen LogP contribution in [0.25, 0.3) is 0 Å². The summed E-state index contributed by atoms with van der Waals surface area (Å²) < 4.78 is 0. The molecule has 3 N–H and O–H groups in total. The van der Waals surface area contributed by atoms with E-state index in [4.69, 9.17) is 5.73 Å². The Morgan fingerprint density at radius 3 is 2.96 bits per heavy atom. The summed E-state index contributed by atoms with van der Waals surface area (Å²) in [6.45, 7) is 4.32. The predicted octanol–water partition coefficient (Wildman–Crippen LogP) is 1.79. The Morgan fingerprint density at radius 1 is 1.52 bits per heavy atom. The number of hydrogen-bond acceptors (Lipinski definition) is 5. The lowest BCUT2D eigenvalue weighted by atomic mass is 9.97. The quantitative estimate of drug-likeness (QED) is 0.757. The van der Waals surface area contributed by atoms with Crippen LogP contribution in [0.1, 0.15) is 48.1 Å². The number of nitrogens with zero attached hydrogens (tertiary/aromatic N) is 2. The van der Waals surface area contributed by atoms with Crippen molar-refractivity contribution in [2.24, 2.45) is 11.7 Å². The number of unbranched alkanes of at least 4 members (excludes halogenated alkanes) is 1. The van der Waals surface area contributed by atoms with Gasteiger partial charge in [0.2, 0.25) is 5.91 Å². The zero-order chi connectivity index (χ0) is 15.9. The van der Waals surface area contributed by atoms with Gasteiger partial charge >= 0.3 is 0 Å². The number of likely N-dealkylation sites (tertiary alicyclic amines) is 1. The molecular weight excluding hydrogens is 336 g/mol. The molecule has 0 aromatic carbocycles. The van der Waals surface area contributed by atoms with Crippen molar-refractivity contribution in [3.63, 3.8) is 0 Å². The molecule has 2 rings (SSSR count). The van der Waals surface area contributed by atoms with E-state index in [2.05, 4.69) is 17.2 Å². The minimum atomic E-state index is -0.109. The van der Waals surface area contributed by atoms with Gasteiger partial charge in [-0.2, -0.15) is 0 Å². The van der Waals surface area contributed by atoms with Crippen molar-refractivity contribution in [2.45, 2.75) is 39.2 Å². The van der Waals surface area contributed by atoms with Crippen LogP contribution >= 0.6 is 23.7 Å². The number of halogens is 1. The number of nitrogens with two attached hydrogens (primary N) is 1. The van der Waals surface area contributed by atoms with Crippen molar-refractivity contribution < 1.29 is 9.59 Å². The fraction of sp³-hybridized carbons (Fsp3) is 0.667. The molecule has 0 radical (unpaired) electrons. The van der Waals surface area contributed by atoms with E-state index >= 15 is 0 Å². The second-order valence-electron chi connectivity index (χ2n) is 5.57.